The lowest BCUT2D eigenvalue weighted by molar-refractivity contribution is -0.154. The number of halogens is 2. The number of rotatable bonds is 6. The van der Waals surface area contributed by atoms with Crippen molar-refractivity contribution in [3.05, 3.63) is 64.1 Å². The van der Waals surface area contributed by atoms with Crippen LogP contribution in [0.25, 0.3) is 0 Å². The molecule has 0 aliphatic heterocycles. The molecule has 4 atom stereocenters. The number of fused-ring (bicyclic) bond motifs is 2. The lowest BCUT2D eigenvalue weighted by Gasteiger charge is -2.28. The highest BCUT2D eigenvalue weighted by Gasteiger charge is 2.54. The largest absolute Gasteiger partial charge is 0.455 e. The van der Waals surface area contributed by atoms with Gasteiger partial charge < -0.3 is 10.1 Å². The minimum Gasteiger partial charge on any atom is -0.455 e. The normalized spacial score (nSPS) is 24.5. The van der Waals surface area contributed by atoms with Crippen LogP contribution in [-0.4, -0.2) is 24.3 Å². The van der Waals surface area contributed by atoms with E-state index >= 15 is 0 Å². The first kappa shape index (κ1) is 20.9. The van der Waals surface area contributed by atoms with Crippen molar-refractivity contribution >= 4 is 46.5 Å². The summed E-state index contributed by atoms with van der Waals surface area (Å²) in [6, 6.07) is 13.8. The van der Waals surface area contributed by atoms with Crippen LogP contribution >= 0.6 is 23.2 Å². The second kappa shape index (κ2) is 8.78. The lowest BCUT2D eigenvalue weighted by Crippen LogP contribution is -2.37. The minimum absolute atomic E-state index is 0.00925. The average Bonchev–Trinajstić information content (AvgIpc) is 3.36. The van der Waals surface area contributed by atoms with Gasteiger partial charge in [0.1, 0.15) is 0 Å². The zero-order valence-corrected chi connectivity index (χ0v) is 17.7. The molecule has 2 aliphatic carbocycles. The van der Waals surface area contributed by atoms with Crippen LogP contribution in [0.5, 0.6) is 0 Å². The molecule has 4 rings (SSSR count). The Balaban J connectivity index is 1.39. The van der Waals surface area contributed by atoms with Crippen molar-refractivity contribution in [2.45, 2.75) is 19.3 Å². The third-order valence-electron chi connectivity index (χ3n) is 6.10. The number of carbonyl (C=O) groups excluding carboxylic acids is 3. The van der Waals surface area contributed by atoms with E-state index in [1.807, 2.05) is 18.2 Å². The summed E-state index contributed by atoms with van der Waals surface area (Å²) in [4.78, 5) is 38.1. The maximum atomic E-state index is 13.1. The molecule has 156 valence electrons. The van der Waals surface area contributed by atoms with Crippen molar-refractivity contribution in [3.63, 3.8) is 0 Å². The quantitative estimate of drug-likeness (QED) is 0.500. The van der Waals surface area contributed by atoms with Crippen molar-refractivity contribution in [2.75, 3.05) is 11.9 Å². The van der Waals surface area contributed by atoms with Gasteiger partial charge in [0.15, 0.2) is 12.4 Å². The predicted molar refractivity (Wildman–Crippen MR) is 115 cm³/mol. The highest BCUT2D eigenvalue weighted by molar-refractivity contribution is 6.42. The fourth-order valence-electron chi connectivity index (χ4n) is 4.81. The van der Waals surface area contributed by atoms with Gasteiger partial charge in [-0.05, 0) is 49.3 Å². The summed E-state index contributed by atoms with van der Waals surface area (Å²) in [5.41, 5.74) is 1.08. The number of nitrogens with one attached hydrogen (secondary N) is 1. The van der Waals surface area contributed by atoms with Gasteiger partial charge in [0.2, 0.25) is 0 Å². The van der Waals surface area contributed by atoms with E-state index in [0.717, 1.165) is 19.3 Å². The Labute approximate surface area is 184 Å². The number of ether oxygens (including phenoxy) is 1. The molecule has 0 unspecified atom stereocenters. The fourth-order valence-corrected chi connectivity index (χ4v) is 5.10. The smallest absolute Gasteiger partial charge is 0.310 e. The highest BCUT2D eigenvalue weighted by atomic mass is 35.5. The van der Waals surface area contributed by atoms with E-state index in [1.54, 1.807) is 24.3 Å². The van der Waals surface area contributed by atoms with Crippen molar-refractivity contribution in [2.24, 2.45) is 23.7 Å². The van der Waals surface area contributed by atoms with Gasteiger partial charge in [-0.25, -0.2) is 0 Å². The van der Waals surface area contributed by atoms with E-state index in [0.29, 0.717) is 21.3 Å². The van der Waals surface area contributed by atoms with E-state index in [9.17, 15) is 14.4 Å². The van der Waals surface area contributed by atoms with Crippen molar-refractivity contribution < 1.29 is 19.1 Å². The van der Waals surface area contributed by atoms with Gasteiger partial charge in [-0.1, -0.05) is 53.5 Å². The fraction of sp³-hybridized carbons (Fsp3) is 0.348. The number of hydrogen-bond acceptors (Lipinski definition) is 4. The Hall–Kier alpha value is -2.37. The molecule has 1 N–H and O–H groups in total. The standard InChI is InChI=1S/C23H21Cl2NO4/c24-17-9-8-16(11-18(17)25)26-19(27)12-30-23(29)21-15-7-6-14(10-15)20(21)22(28)13-4-2-1-3-5-13/h1-5,8-9,11,14-15,20-21H,6-7,10,12H2,(H,26,27)/t14-,15-,20+,21+/m0/s1. The summed E-state index contributed by atoms with van der Waals surface area (Å²) in [5.74, 6) is -1.49. The SMILES string of the molecule is O=C(COC(=O)[C@@H]1[C@H]2CC[C@@H](C2)[C@H]1C(=O)c1ccccc1)Nc1ccc(Cl)c(Cl)c1. The van der Waals surface area contributed by atoms with Crippen LogP contribution in [0.15, 0.2) is 48.5 Å². The number of Topliss-reactive ketones (excluding diaryl/α,β-unsaturated/α-hetero) is 1. The summed E-state index contributed by atoms with van der Waals surface area (Å²) in [7, 11) is 0. The molecule has 0 saturated heterocycles. The monoisotopic (exact) mass is 445 g/mol. The average molecular weight is 446 g/mol. The summed E-state index contributed by atoms with van der Waals surface area (Å²) in [6.07, 6.45) is 2.73. The number of anilines is 1. The van der Waals surface area contributed by atoms with Crippen LogP contribution < -0.4 is 5.32 Å². The zero-order chi connectivity index (χ0) is 21.3. The maximum Gasteiger partial charge on any atom is 0.310 e. The molecule has 2 aromatic rings. The molecule has 0 aromatic heterocycles. The summed E-state index contributed by atoms with van der Waals surface area (Å²) < 4.78 is 5.32. The van der Waals surface area contributed by atoms with Gasteiger partial charge in [0.05, 0.1) is 16.0 Å². The van der Waals surface area contributed by atoms with Gasteiger partial charge in [0.25, 0.3) is 5.91 Å². The molecule has 7 heteroatoms. The van der Waals surface area contributed by atoms with E-state index in [-0.39, 0.29) is 23.5 Å². The molecule has 2 bridgehead atoms. The van der Waals surface area contributed by atoms with Crippen LogP contribution in [-0.2, 0) is 14.3 Å². The Bertz CT molecular complexity index is 978. The first-order chi connectivity index (χ1) is 14.4. The molecular weight excluding hydrogens is 425 g/mol. The molecule has 2 aliphatic rings. The Morgan fingerprint density at radius 2 is 1.63 bits per heavy atom. The number of benzene rings is 2. The molecule has 0 heterocycles. The minimum atomic E-state index is -0.491. The van der Waals surface area contributed by atoms with Crippen molar-refractivity contribution in [3.8, 4) is 0 Å². The second-order valence-electron chi connectivity index (χ2n) is 7.90. The Morgan fingerprint density at radius 1 is 0.933 bits per heavy atom. The van der Waals surface area contributed by atoms with E-state index in [1.165, 1.54) is 6.07 Å². The lowest BCUT2D eigenvalue weighted by atomic mass is 9.75. The molecule has 2 saturated carbocycles. The number of carbonyl (C=O) groups is 3. The zero-order valence-electron chi connectivity index (χ0n) is 16.1. The second-order valence-corrected chi connectivity index (χ2v) is 8.71. The van der Waals surface area contributed by atoms with Crippen molar-refractivity contribution in [1.29, 1.82) is 0 Å². The molecule has 5 nitrogen and oxygen atoms in total. The first-order valence-electron chi connectivity index (χ1n) is 9.95. The van der Waals surface area contributed by atoms with Crippen LogP contribution in [0, 0.1) is 23.7 Å². The molecule has 30 heavy (non-hydrogen) atoms. The molecule has 2 aromatic carbocycles. The number of hydrogen-bond donors (Lipinski definition) is 1. The summed E-state index contributed by atoms with van der Waals surface area (Å²) in [6.45, 7) is -0.417. The number of amides is 1. The summed E-state index contributed by atoms with van der Waals surface area (Å²) in [5, 5.41) is 3.32. The molecular formula is C23H21Cl2NO4. The molecule has 0 spiro atoms. The van der Waals surface area contributed by atoms with Gasteiger partial charge in [-0.15, -0.1) is 0 Å². The van der Waals surface area contributed by atoms with E-state index in [4.69, 9.17) is 27.9 Å². The van der Waals surface area contributed by atoms with Crippen LogP contribution in [0.2, 0.25) is 10.0 Å². The third kappa shape index (κ3) is 4.23. The number of ketones is 1. The topological polar surface area (TPSA) is 72.5 Å². The maximum absolute atomic E-state index is 13.1. The van der Waals surface area contributed by atoms with E-state index in [2.05, 4.69) is 5.32 Å². The van der Waals surface area contributed by atoms with Gasteiger partial charge >= 0.3 is 5.97 Å². The Kier molecular flexibility index (Phi) is 6.11. The van der Waals surface area contributed by atoms with Crippen molar-refractivity contribution in [1.82, 2.24) is 0 Å². The molecule has 2 fully saturated rings. The summed E-state index contributed by atoms with van der Waals surface area (Å²) >= 11 is 11.8. The molecule has 1 amide bonds. The third-order valence-corrected chi connectivity index (χ3v) is 6.84. The predicted octanol–water partition coefficient (Wildman–Crippen LogP) is 5.02. The van der Waals surface area contributed by atoms with Crippen LogP contribution in [0.4, 0.5) is 5.69 Å². The molecule has 0 radical (unpaired) electrons. The van der Waals surface area contributed by atoms with Crippen LogP contribution in [0.3, 0.4) is 0 Å². The van der Waals surface area contributed by atoms with Gasteiger partial charge in [-0.2, -0.15) is 0 Å². The van der Waals surface area contributed by atoms with Gasteiger partial charge in [-0.3, -0.25) is 14.4 Å². The van der Waals surface area contributed by atoms with Gasteiger partial charge in [0, 0.05) is 17.2 Å². The first-order valence-corrected chi connectivity index (χ1v) is 10.7. The van der Waals surface area contributed by atoms with Crippen LogP contribution in [0.1, 0.15) is 29.6 Å². The Morgan fingerprint density at radius 3 is 2.33 bits per heavy atom. The number of esters is 1. The highest BCUT2D eigenvalue weighted by Crippen LogP contribution is 2.53. The van der Waals surface area contributed by atoms with E-state index < -0.39 is 24.4 Å².